The topological polar surface area (TPSA) is 110 Å². The van der Waals surface area contributed by atoms with E-state index in [0.717, 1.165) is 24.0 Å². The van der Waals surface area contributed by atoms with Gasteiger partial charge in [-0.15, -0.1) is 0 Å². The van der Waals surface area contributed by atoms with Crippen molar-refractivity contribution in [2.45, 2.75) is 52.5 Å². The number of hydrogen-bond acceptors (Lipinski definition) is 6. The van der Waals surface area contributed by atoms with Gasteiger partial charge in [-0.2, -0.15) is 4.98 Å². The average Bonchev–Trinajstić information content (AvgIpc) is 3.49. The van der Waals surface area contributed by atoms with Gasteiger partial charge in [-0.05, 0) is 42.5 Å². The minimum atomic E-state index is -0.571. The van der Waals surface area contributed by atoms with Gasteiger partial charge in [0, 0.05) is 29.6 Å². The number of carbonyl (C=O) groups excluding carboxylic acids is 2. The first-order valence-electron chi connectivity index (χ1n) is 10.8. The Morgan fingerprint density at radius 3 is 2.61 bits per heavy atom. The quantitative estimate of drug-likeness (QED) is 0.582. The summed E-state index contributed by atoms with van der Waals surface area (Å²) in [5.74, 6) is -0.939. The number of rotatable bonds is 6. The number of amides is 2. The number of hydrogen-bond donors (Lipinski definition) is 2. The summed E-state index contributed by atoms with van der Waals surface area (Å²) in [5, 5.41) is 9.11. The molecule has 1 fully saturated rings. The van der Waals surface area contributed by atoms with Crippen LogP contribution in [0.5, 0.6) is 0 Å². The van der Waals surface area contributed by atoms with Crippen LogP contribution in [0.15, 0.2) is 35.0 Å². The summed E-state index contributed by atoms with van der Waals surface area (Å²) in [6.07, 6.45) is 3.13. The molecular weight excluding hydrogens is 425 g/mol. The van der Waals surface area contributed by atoms with E-state index in [9.17, 15) is 9.59 Å². The zero-order valence-electron chi connectivity index (χ0n) is 19.0. The van der Waals surface area contributed by atoms with Crippen LogP contribution >= 0.6 is 0 Å². The van der Waals surface area contributed by atoms with Crippen LogP contribution in [0.1, 0.15) is 61.2 Å². The van der Waals surface area contributed by atoms with Crippen LogP contribution in [0.3, 0.4) is 0 Å². The number of benzene rings is 1. The van der Waals surface area contributed by atoms with Crippen molar-refractivity contribution in [3.8, 4) is 11.1 Å². The summed E-state index contributed by atoms with van der Waals surface area (Å²) in [5.41, 5.74) is 2.38. The monoisotopic (exact) mass is 451 g/mol. The van der Waals surface area contributed by atoms with Crippen molar-refractivity contribution in [3.05, 3.63) is 59.1 Å². The zero-order chi connectivity index (χ0) is 23.8. The van der Waals surface area contributed by atoms with Gasteiger partial charge in [0.15, 0.2) is 11.6 Å². The minimum absolute atomic E-state index is 0.0196. The van der Waals surface area contributed by atoms with E-state index >= 15 is 4.39 Å². The minimum Gasteiger partial charge on any atom is -0.345 e. The summed E-state index contributed by atoms with van der Waals surface area (Å²) >= 11 is 0. The first-order valence-corrected chi connectivity index (χ1v) is 10.8. The first-order chi connectivity index (χ1) is 15.6. The summed E-state index contributed by atoms with van der Waals surface area (Å²) in [7, 11) is 0. The predicted molar refractivity (Wildman–Crippen MR) is 120 cm³/mol. The lowest BCUT2D eigenvalue weighted by Crippen LogP contribution is -2.24. The number of aryl methyl sites for hydroxylation is 1. The van der Waals surface area contributed by atoms with Crippen LogP contribution < -0.4 is 10.6 Å². The molecule has 0 saturated heterocycles. The number of aromatic nitrogens is 3. The van der Waals surface area contributed by atoms with E-state index in [-0.39, 0.29) is 35.4 Å². The highest BCUT2D eigenvalue weighted by atomic mass is 19.1. The van der Waals surface area contributed by atoms with E-state index in [1.807, 2.05) is 39.8 Å². The van der Waals surface area contributed by atoms with Gasteiger partial charge in [0.1, 0.15) is 0 Å². The van der Waals surface area contributed by atoms with E-state index in [0.29, 0.717) is 17.0 Å². The second-order valence-corrected chi connectivity index (χ2v) is 9.28. The predicted octanol–water partition coefficient (Wildman–Crippen LogP) is 4.16. The molecule has 9 heteroatoms. The van der Waals surface area contributed by atoms with Crippen molar-refractivity contribution in [1.82, 2.24) is 20.4 Å². The van der Waals surface area contributed by atoms with Gasteiger partial charge >= 0.3 is 0 Å². The molecule has 0 atom stereocenters. The molecule has 2 N–H and O–H groups in total. The third-order valence-electron chi connectivity index (χ3n) is 5.44. The summed E-state index contributed by atoms with van der Waals surface area (Å²) in [6.45, 7) is 7.89. The Morgan fingerprint density at radius 2 is 1.97 bits per heavy atom. The number of carbonyl (C=O) groups is 2. The molecule has 0 bridgehead atoms. The molecule has 2 amide bonds. The van der Waals surface area contributed by atoms with Crippen molar-refractivity contribution < 1.29 is 18.5 Å². The highest BCUT2D eigenvalue weighted by Gasteiger charge is 2.30. The third-order valence-corrected chi connectivity index (χ3v) is 5.44. The molecule has 0 radical (unpaired) electrons. The molecule has 2 heterocycles. The van der Waals surface area contributed by atoms with Gasteiger partial charge in [0.25, 0.3) is 11.7 Å². The molecule has 1 aliphatic carbocycles. The maximum absolute atomic E-state index is 15.0. The van der Waals surface area contributed by atoms with Crippen LogP contribution in [0.2, 0.25) is 0 Å². The molecule has 1 saturated carbocycles. The number of nitrogens with zero attached hydrogens (tertiary/aromatic N) is 3. The van der Waals surface area contributed by atoms with Crippen molar-refractivity contribution in [2.24, 2.45) is 5.92 Å². The highest BCUT2D eigenvalue weighted by molar-refractivity contribution is 5.94. The van der Waals surface area contributed by atoms with Crippen LogP contribution in [0.4, 0.5) is 10.2 Å². The molecular formula is C24H26FN5O3. The second kappa shape index (κ2) is 8.73. The smallest absolute Gasteiger partial charge is 0.292 e. The Hall–Kier alpha value is -3.62. The van der Waals surface area contributed by atoms with Crippen LogP contribution in [-0.4, -0.2) is 26.9 Å². The lowest BCUT2D eigenvalue weighted by Gasteiger charge is -2.12. The first kappa shape index (κ1) is 22.6. The Kier molecular flexibility index (Phi) is 5.97. The van der Waals surface area contributed by atoms with Crippen molar-refractivity contribution in [1.29, 1.82) is 0 Å². The standard InChI is InChI=1S/C24H26FN5O3/c1-13-11-15(17-9-10-26-19(18(17)25)28-21(31)14-5-6-14)7-8-16(13)12-27-22(32)20-29-23(33-30-20)24(2,3)4/h7-11,14H,5-6,12H2,1-4H3,(H,27,32)(H,26,28,31). The number of halogens is 1. The van der Waals surface area contributed by atoms with E-state index in [2.05, 4.69) is 25.8 Å². The Morgan fingerprint density at radius 1 is 1.21 bits per heavy atom. The Bertz CT molecular complexity index is 1210. The maximum atomic E-state index is 15.0. The normalized spacial score (nSPS) is 13.6. The van der Waals surface area contributed by atoms with Gasteiger partial charge in [-0.3, -0.25) is 9.59 Å². The van der Waals surface area contributed by atoms with E-state index in [1.54, 1.807) is 12.1 Å². The summed E-state index contributed by atoms with van der Waals surface area (Å²) in [4.78, 5) is 32.5. The molecule has 1 aliphatic rings. The van der Waals surface area contributed by atoms with E-state index < -0.39 is 11.7 Å². The molecule has 1 aromatic carbocycles. The molecule has 33 heavy (non-hydrogen) atoms. The number of anilines is 1. The molecule has 4 rings (SSSR count). The molecule has 8 nitrogen and oxygen atoms in total. The SMILES string of the molecule is Cc1cc(-c2ccnc(NC(=O)C3CC3)c2F)ccc1CNC(=O)c1noc(C(C)(C)C)n1. The lowest BCUT2D eigenvalue weighted by atomic mass is 9.97. The van der Waals surface area contributed by atoms with Crippen LogP contribution in [0, 0.1) is 18.7 Å². The fraction of sp³-hybridized carbons (Fsp3) is 0.375. The number of pyridine rings is 1. The fourth-order valence-corrected chi connectivity index (χ4v) is 3.25. The maximum Gasteiger partial charge on any atom is 0.292 e. The van der Waals surface area contributed by atoms with Crippen molar-refractivity contribution in [2.75, 3.05) is 5.32 Å². The van der Waals surface area contributed by atoms with Gasteiger partial charge < -0.3 is 15.2 Å². The average molecular weight is 452 g/mol. The lowest BCUT2D eigenvalue weighted by molar-refractivity contribution is -0.117. The molecule has 2 aromatic heterocycles. The van der Waals surface area contributed by atoms with Gasteiger partial charge in [-0.25, -0.2) is 9.37 Å². The largest absolute Gasteiger partial charge is 0.345 e. The van der Waals surface area contributed by atoms with Crippen molar-refractivity contribution in [3.63, 3.8) is 0 Å². The number of nitrogens with one attached hydrogen (secondary N) is 2. The Labute approximate surface area is 191 Å². The van der Waals surface area contributed by atoms with Crippen molar-refractivity contribution >= 4 is 17.6 Å². The molecule has 0 unspecified atom stereocenters. The van der Waals surface area contributed by atoms with Crippen LogP contribution in [0.25, 0.3) is 11.1 Å². The van der Waals surface area contributed by atoms with Gasteiger partial charge in [0.2, 0.25) is 11.8 Å². The molecule has 3 aromatic rings. The summed E-state index contributed by atoms with van der Waals surface area (Å²) < 4.78 is 20.2. The van der Waals surface area contributed by atoms with Gasteiger partial charge in [-0.1, -0.05) is 44.1 Å². The molecule has 0 spiro atoms. The summed E-state index contributed by atoms with van der Waals surface area (Å²) in [6, 6.07) is 7.00. The molecule has 172 valence electrons. The van der Waals surface area contributed by atoms with E-state index in [4.69, 9.17) is 4.52 Å². The highest BCUT2D eigenvalue weighted by Crippen LogP contribution is 2.32. The third kappa shape index (κ3) is 5.08. The van der Waals surface area contributed by atoms with E-state index in [1.165, 1.54) is 6.20 Å². The second-order valence-electron chi connectivity index (χ2n) is 9.28. The zero-order valence-corrected chi connectivity index (χ0v) is 19.0. The fourth-order valence-electron chi connectivity index (χ4n) is 3.25. The molecule has 0 aliphatic heterocycles. The Balaban J connectivity index is 1.45. The van der Waals surface area contributed by atoms with Gasteiger partial charge in [0.05, 0.1) is 0 Å². The van der Waals surface area contributed by atoms with Crippen LogP contribution in [-0.2, 0) is 16.8 Å².